The number of hydrogen-bond acceptors (Lipinski definition) is 2. The van der Waals surface area contributed by atoms with Crippen molar-refractivity contribution in [3.8, 4) is 0 Å². The molecule has 0 aromatic carbocycles. The molecule has 0 heterocycles. The Morgan fingerprint density at radius 2 is 2.00 bits per heavy atom. The maximum atomic E-state index is 7.31. The van der Waals surface area contributed by atoms with Crippen molar-refractivity contribution in [2.45, 2.75) is 0 Å². The van der Waals surface area contributed by atoms with Crippen molar-refractivity contribution < 1.29 is 10.2 Å². The minimum Gasteiger partial charge on any atom is -0.336 e. The van der Waals surface area contributed by atoms with Crippen LogP contribution in [0.3, 0.4) is 0 Å². The predicted octanol–water partition coefficient (Wildman–Crippen LogP) is 0.377. The van der Waals surface area contributed by atoms with Crippen LogP contribution in [0.1, 0.15) is 0 Å². The molecule has 0 aliphatic carbocycles. The van der Waals surface area contributed by atoms with Crippen molar-refractivity contribution in [1.82, 2.24) is 0 Å². The molecule has 2 N–H and O–H groups in total. The lowest BCUT2D eigenvalue weighted by atomic mass is 11.1. The molecule has 0 fully saturated rings. The van der Waals surface area contributed by atoms with Crippen LogP contribution in [0.25, 0.3) is 0 Å². The molecule has 0 aromatic heterocycles. The van der Waals surface area contributed by atoms with Crippen LogP contribution in [-0.2, 0) is 0 Å². The van der Waals surface area contributed by atoms with Gasteiger partial charge < -0.3 is 10.2 Å². The maximum absolute atomic E-state index is 7.31. The molecular formula is C2H3O2+. The molecule has 0 aliphatic heterocycles. The molecule has 0 bridgehead atoms. The Labute approximate surface area is 24.0 Å². The molecule has 0 unspecified atom stereocenters. The van der Waals surface area contributed by atoms with Crippen molar-refractivity contribution in [3.05, 3.63) is 12.5 Å². The summed E-state index contributed by atoms with van der Waals surface area (Å²) in [4.78, 5) is 0. The van der Waals surface area contributed by atoms with Crippen LogP contribution in [0.4, 0.5) is 0 Å². The van der Waals surface area contributed by atoms with E-state index in [1.165, 1.54) is 0 Å². The van der Waals surface area contributed by atoms with E-state index >= 15 is 0 Å². The molecule has 2 nitrogen and oxygen atoms in total. The average Bonchev–Trinajstić information content (AvgIpc) is 0.811. The van der Waals surface area contributed by atoms with E-state index < -0.39 is 5.95 Å². The Morgan fingerprint density at radius 1 is 2.00 bits per heavy atom. The first-order valence-electron chi connectivity index (χ1n) is 0.736. The molecule has 2 heteroatoms. The van der Waals surface area contributed by atoms with Gasteiger partial charge in [0, 0.05) is 0 Å². The molecular weight excluding hydrogens is 56.0 g/mol. The summed E-state index contributed by atoms with van der Waals surface area (Å²) in [5.74, 6) is -1.08. The highest BCUT2D eigenvalue weighted by molar-refractivity contribution is 4.47. The first kappa shape index (κ1) is 3.34. The minimum absolute atomic E-state index is 1.08. The van der Waals surface area contributed by atoms with E-state index in [1.54, 1.807) is 0 Å². The van der Waals surface area contributed by atoms with Crippen LogP contribution in [0.5, 0.6) is 0 Å². The van der Waals surface area contributed by atoms with E-state index in [9.17, 15) is 0 Å². The summed E-state index contributed by atoms with van der Waals surface area (Å²) >= 11 is 0. The fourth-order valence-electron chi connectivity index (χ4n) is 0. The second-order valence-electron chi connectivity index (χ2n) is 0.358. The standard InChI is InChI=1S/C2H3O2/c1-2(3)4/h1,3-4H/q+1. The van der Waals surface area contributed by atoms with Crippen molar-refractivity contribution in [3.63, 3.8) is 0 Å². The third-order valence-electron chi connectivity index (χ3n) is 0. The van der Waals surface area contributed by atoms with Crippen molar-refractivity contribution in [2.24, 2.45) is 0 Å². The largest absolute Gasteiger partial charge is 0.508 e. The molecule has 0 aromatic rings. The normalized spacial score (nSPS) is 6.00. The summed E-state index contributed by atoms with van der Waals surface area (Å²) in [6, 6.07) is 0. The monoisotopic (exact) mass is 59.0 g/mol. The summed E-state index contributed by atoms with van der Waals surface area (Å²) in [5.41, 5.74) is 0. The molecule has 0 rings (SSSR count). The van der Waals surface area contributed by atoms with E-state index in [0.717, 1.165) is 0 Å². The molecule has 4 heavy (non-hydrogen) atoms. The molecule has 0 saturated carbocycles. The van der Waals surface area contributed by atoms with Gasteiger partial charge in [0.2, 0.25) is 0 Å². The first-order chi connectivity index (χ1) is 1.73. The zero-order chi connectivity index (χ0) is 3.58. The smallest absolute Gasteiger partial charge is 0.336 e. The van der Waals surface area contributed by atoms with Crippen LogP contribution in [0.2, 0.25) is 0 Å². The van der Waals surface area contributed by atoms with Crippen LogP contribution >= 0.6 is 0 Å². The van der Waals surface area contributed by atoms with E-state index in [-0.39, 0.29) is 0 Å². The highest BCUT2D eigenvalue weighted by atomic mass is 16.5. The van der Waals surface area contributed by atoms with Gasteiger partial charge in [-0.15, -0.1) is 0 Å². The SMILES string of the molecule is [CH]=C(O)[OH+]. The van der Waals surface area contributed by atoms with Gasteiger partial charge >= 0.3 is 5.95 Å². The molecule has 0 amide bonds. The minimum atomic E-state index is -1.08. The lowest BCUT2D eigenvalue weighted by Crippen LogP contribution is -1.63. The second kappa shape index (κ2) is 0.767. The van der Waals surface area contributed by atoms with Gasteiger partial charge in [-0.3, -0.25) is 0 Å². The highest BCUT2D eigenvalue weighted by Crippen LogP contribution is 1.57. The second-order valence-corrected chi connectivity index (χ2v) is 0.358. The molecule has 2 radical (unpaired) electrons. The van der Waals surface area contributed by atoms with Gasteiger partial charge in [-0.25, -0.2) is 0 Å². The number of aliphatic hydroxyl groups excluding tert-OH is 1. The summed E-state index contributed by atoms with van der Waals surface area (Å²) in [5, 5.41) is 14.6. The third-order valence-corrected chi connectivity index (χ3v) is 0. The zero-order valence-corrected chi connectivity index (χ0v) is 1.97. The lowest BCUT2D eigenvalue weighted by Gasteiger charge is -1.51. The number of rotatable bonds is 0. The molecule has 0 atom stereocenters. The Kier molecular flexibility index (Phi) is 0.641. The fourth-order valence-corrected chi connectivity index (χ4v) is 0. The summed E-state index contributed by atoms with van der Waals surface area (Å²) in [6.45, 7) is 4.14. The Hall–Kier alpha value is -0.660. The third kappa shape index (κ3) is 0.356. The lowest BCUT2D eigenvalue weighted by molar-refractivity contribution is 0.192. The van der Waals surface area contributed by atoms with E-state index in [2.05, 4.69) is 6.58 Å². The molecule has 22 valence electrons. The predicted molar refractivity (Wildman–Crippen MR) is 13.1 cm³/mol. The Bertz CT molecular complexity index is 27.0. The topological polar surface area (TPSA) is 41.6 Å². The van der Waals surface area contributed by atoms with E-state index in [0.29, 0.717) is 0 Å². The number of hydrogen-bond donors (Lipinski definition) is 1. The summed E-state index contributed by atoms with van der Waals surface area (Å²) < 4.78 is 0. The highest BCUT2D eigenvalue weighted by Gasteiger charge is 1.76. The van der Waals surface area contributed by atoms with Gasteiger partial charge in [0.15, 0.2) is 0 Å². The van der Waals surface area contributed by atoms with Gasteiger partial charge in [0.25, 0.3) is 0 Å². The quantitative estimate of drug-likeness (QED) is 0.323. The maximum Gasteiger partial charge on any atom is 0.508 e. The van der Waals surface area contributed by atoms with Gasteiger partial charge in [0.1, 0.15) is 0 Å². The van der Waals surface area contributed by atoms with Crippen molar-refractivity contribution >= 4 is 0 Å². The zero-order valence-electron chi connectivity index (χ0n) is 1.97. The molecule has 0 spiro atoms. The van der Waals surface area contributed by atoms with Gasteiger partial charge in [-0.1, -0.05) is 0 Å². The average molecular weight is 59.0 g/mol. The molecule has 0 saturated heterocycles. The first-order valence-corrected chi connectivity index (χ1v) is 0.736. The van der Waals surface area contributed by atoms with E-state index in [1.807, 2.05) is 0 Å². The van der Waals surface area contributed by atoms with Crippen LogP contribution in [-0.4, -0.2) is 10.2 Å². The van der Waals surface area contributed by atoms with Crippen LogP contribution in [0.15, 0.2) is 5.95 Å². The van der Waals surface area contributed by atoms with Gasteiger partial charge in [-0.2, -0.15) is 0 Å². The van der Waals surface area contributed by atoms with Gasteiger partial charge in [0.05, 0.1) is 6.58 Å². The Balaban J connectivity index is 2.80. The molecule has 0 aliphatic rings. The fraction of sp³-hybridized carbons (Fsp3) is 0. The van der Waals surface area contributed by atoms with Crippen molar-refractivity contribution in [1.29, 1.82) is 0 Å². The van der Waals surface area contributed by atoms with Crippen molar-refractivity contribution in [2.75, 3.05) is 0 Å². The summed E-state index contributed by atoms with van der Waals surface area (Å²) in [6.07, 6.45) is 0. The van der Waals surface area contributed by atoms with Gasteiger partial charge in [-0.05, 0) is 0 Å². The van der Waals surface area contributed by atoms with Crippen LogP contribution in [0, 0.1) is 6.58 Å². The van der Waals surface area contributed by atoms with E-state index in [4.69, 9.17) is 10.2 Å². The Morgan fingerprint density at radius 3 is 2.00 bits per heavy atom. The summed E-state index contributed by atoms with van der Waals surface area (Å²) in [7, 11) is 0. The number of aliphatic hydroxyl groups is 2. The van der Waals surface area contributed by atoms with Crippen LogP contribution < -0.4 is 0 Å².